The highest BCUT2D eigenvalue weighted by atomic mass is 32.1. The molecule has 0 heterocycles. The first-order valence-corrected chi connectivity index (χ1v) is 7.08. The Labute approximate surface area is 109 Å². The fourth-order valence-electron chi connectivity index (χ4n) is 2.81. The zero-order chi connectivity index (χ0) is 12.5. The van der Waals surface area contributed by atoms with Crippen LogP contribution in [0.15, 0.2) is 0 Å². The summed E-state index contributed by atoms with van der Waals surface area (Å²) in [5, 5.41) is 3.13. The topological polar surface area (TPSA) is 55.1 Å². The molecule has 0 saturated heterocycles. The van der Waals surface area contributed by atoms with Gasteiger partial charge in [-0.3, -0.25) is 4.79 Å². The van der Waals surface area contributed by atoms with Gasteiger partial charge < -0.3 is 11.1 Å². The molecule has 2 fully saturated rings. The summed E-state index contributed by atoms with van der Waals surface area (Å²) in [6, 6.07) is 0.259. The minimum atomic E-state index is -0.502. The summed E-state index contributed by atoms with van der Waals surface area (Å²) in [5.41, 5.74) is 5.16. The quantitative estimate of drug-likeness (QED) is 0.756. The van der Waals surface area contributed by atoms with Gasteiger partial charge in [0.25, 0.3) is 0 Å². The Hall–Kier alpha value is -0.640. The van der Waals surface area contributed by atoms with Crippen LogP contribution in [0.3, 0.4) is 0 Å². The highest BCUT2D eigenvalue weighted by Gasteiger charge is 2.53. The number of carbonyl (C=O) groups is 1. The molecular formula is C13H22N2OS. The Morgan fingerprint density at radius 1 is 1.35 bits per heavy atom. The minimum absolute atomic E-state index is 0.0584. The first-order chi connectivity index (χ1) is 8.06. The van der Waals surface area contributed by atoms with Crippen molar-refractivity contribution < 1.29 is 4.79 Å². The maximum Gasteiger partial charge on any atom is 0.233 e. The first-order valence-electron chi connectivity index (χ1n) is 6.67. The van der Waals surface area contributed by atoms with Crippen molar-refractivity contribution >= 4 is 23.1 Å². The number of amides is 1. The van der Waals surface area contributed by atoms with Crippen molar-refractivity contribution in [3.05, 3.63) is 0 Å². The van der Waals surface area contributed by atoms with Gasteiger partial charge in [0.1, 0.15) is 0 Å². The molecule has 0 radical (unpaired) electrons. The summed E-state index contributed by atoms with van der Waals surface area (Å²) in [4.78, 5) is 12.5. The summed E-state index contributed by atoms with van der Waals surface area (Å²) in [7, 11) is 0. The smallest absolute Gasteiger partial charge is 0.233 e. The van der Waals surface area contributed by atoms with E-state index in [9.17, 15) is 4.79 Å². The van der Waals surface area contributed by atoms with Gasteiger partial charge in [0.05, 0.1) is 10.4 Å². The van der Waals surface area contributed by atoms with Crippen LogP contribution in [0.5, 0.6) is 0 Å². The number of carbonyl (C=O) groups excluding carboxylic acids is 1. The average Bonchev–Trinajstić information content (AvgIpc) is 3.11. The van der Waals surface area contributed by atoms with E-state index in [4.69, 9.17) is 18.0 Å². The lowest BCUT2D eigenvalue weighted by Crippen LogP contribution is -2.46. The summed E-state index contributed by atoms with van der Waals surface area (Å²) in [5.74, 6) is 0.693. The van der Waals surface area contributed by atoms with Crippen LogP contribution in [-0.2, 0) is 4.79 Å². The molecule has 3 N–H and O–H groups in total. The Morgan fingerprint density at radius 3 is 2.41 bits per heavy atom. The molecule has 1 atom stereocenters. The number of nitrogens with one attached hydrogen (secondary N) is 1. The van der Waals surface area contributed by atoms with Crippen molar-refractivity contribution in [3.63, 3.8) is 0 Å². The van der Waals surface area contributed by atoms with Gasteiger partial charge in [-0.1, -0.05) is 31.5 Å². The van der Waals surface area contributed by atoms with Crippen molar-refractivity contribution in [1.29, 1.82) is 0 Å². The number of rotatable bonds is 4. The van der Waals surface area contributed by atoms with Crippen LogP contribution >= 0.6 is 12.2 Å². The van der Waals surface area contributed by atoms with E-state index in [0.29, 0.717) is 10.9 Å². The van der Waals surface area contributed by atoms with Crippen molar-refractivity contribution in [2.75, 3.05) is 0 Å². The van der Waals surface area contributed by atoms with E-state index in [0.717, 1.165) is 12.8 Å². The third-order valence-corrected chi connectivity index (χ3v) is 4.76. The molecule has 0 aromatic carbocycles. The molecule has 96 valence electrons. The molecule has 2 aliphatic carbocycles. The summed E-state index contributed by atoms with van der Waals surface area (Å²) in [6.07, 6.45) is 8.06. The molecule has 4 heteroatoms. The molecule has 0 aromatic heterocycles. The summed E-state index contributed by atoms with van der Waals surface area (Å²) in [6.45, 7) is 2.11. The van der Waals surface area contributed by atoms with Gasteiger partial charge in [0.2, 0.25) is 5.91 Å². The molecule has 3 nitrogen and oxygen atoms in total. The second-order valence-corrected chi connectivity index (χ2v) is 6.05. The highest BCUT2D eigenvalue weighted by molar-refractivity contribution is 7.80. The van der Waals surface area contributed by atoms with E-state index in [1.165, 1.54) is 32.1 Å². The Balaban J connectivity index is 1.88. The first kappa shape index (κ1) is 12.8. The summed E-state index contributed by atoms with van der Waals surface area (Å²) < 4.78 is 0. The van der Waals surface area contributed by atoms with Gasteiger partial charge in [0.15, 0.2) is 0 Å². The molecule has 1 amide bonds. The molecular weight excluding hydrogens is 232 g/mol. The predicted octanol–water partition coefficient (Wildman–Crippen LogP) is 2.14. The van der Waals surface area contributed by atoms with Crippen molar-refractivity contribution in [1.82, 2.24) is 5.32 Å². The standard InChI is InChI=1S/C13H22N2OS/c1-9(10-5-3-2-4-6-10)15-12(16)13(7-8-13)11(14)17/h9-10H,2-8H2,1H3,(H2,14,17)(H,15,16). The molecule has 2 aliphatic rings. The van der Waals surface area contributed by atoms with Crippen molar-refractivity contribution in [2.45, 2.75) is 57.9 Å². The van der Waals surface area contributed by atoms with Crippen LogP contribution in [0.25, 0.3) is 0 Å². The van der Waals surface area contributed by atoms with Gasteiger partial charge in [-0.25, -0.2) is 0 Å². The number of nitrogens with two attached hydrogens (primary N) is 1. The van der Waals surface area contributed by atoms with Crippen LogP contribution in [0, 0.1) is 11.3 Å². The second kappa shape index (κ2) is 4.92. The lowest BCUT2D eigenvalue weighted by atomic mass is 9.84. The molecule has 0 spiro atoms. The largest absolute Gasteiger partial charge is 0.392 e. The van der Waals surface area contributed by atoms with E-state index < -0.39 is 5.41 Å². The Kier molecular flexibility index (Phi) is 3.71. The van der Waals surface area contributed by atoms with Gasteiger partial charge in [-0.05, 0) is 38.5 Å². The second-order valence-electron chi connectivity index (χ2n) is 5.61. The average molecular weight is 254 g/mol. The zero-order valence-electron chi connectivity index (χ0n) is 10.5. The molecule has 0 bridgehead atoms. The van der Waals surface area contributed by atoms with Gasteiger partial charge in [-0.2, -0.15) is 0 Å². The van der Waals surface area contributed by atoms with Gasteiger partial charge in [0, 0.05) is 6.04 Å². The Morgan fingerprint density at radius 2 is 1.94 bits per heavy atom. The van der Waals surface area contributed by atoms with E-state index >= 15 is 0 Å². The van der Waals surface area contributed by atoms with Crippen LogP contribution < -0.4 is 11.1 Å². The predicted molar refractivity (Wildman–Crippen MR) is 72.6 cm³/mol. The maximum atomic E-state index is 12.1. The Bertz CT molecular complexity index is 319. The minimum Gasteiger partial charge on any atom is -0.392 e. The van der Waals surface area contributed by atoms with E-state index in [2.05, 4.69) is 12.2 Å². The van der Waals surface area contributed by atoms with E-state index in [1.807, 2.05) is 0 Å². The monoisotopic (exact) mass is 254 g/mol. The molecule has 0 aliphatic heterocycles. The van der Waals surface area contributed by atoms with Crippen LogP contribution in [-0.4, -0.2) is 16.9 Å². The zero-order valence-corrected chi connectivity index (χ0v) is 11.3. The van der Waals surface area contributed by atoms with E-state index in [1.54, 1.807) is 0 Å². The molecule has 2 rings (SSSR count). The van der Waals surface area contributed by atoms with Crippen LogP contribution in [0.4, 0.5) is 0 Å². The van der Waals surface area contributed by atoms with E-state index in [-0.39, 0.29) is 11.9 Å². The lowest BCUT2D eigenvalue weighted by Gasteiger charge is -2.29. The van der Waals surface area contributed by atoms with Gasteiger partial charge in [-0.15, -0.1) is 0 Å². The van der Waals surface area contributed by atoms with Crippen LogP contribution in [0.2, 0.25) is 0 Å². The van der Waals surface area contributed by atoms with Gasteiger partial charge >= 0.3 is 0 Å². The maximum absolute atomic E-state index is 12.1. The normalized spacial score (nSPS) is 25.0. The number of hydrogen-bond donors (Lipinski definition) is 2. The highest BCUT2D eigenvalue weighted by Crippen LogP contribution is 2.46. The number of thiocarbonyl (C=S) groups is 1. The summed E-state index contributed by atoms with van der Waals surface area (Å²) >= 11 is 5.00. The number of hydrogen-bond acceptors (Lipinski definition) is 2. The SMILES string of the molecule is CC(NC(=O)C1(C(N)=S)CC1)C1CCCCC1. The third-order valence-electron chi connectivity index (χ3n) is 4.37. The molecule has 1 unspecified atom stereocenters. The lowest BCUT2D eigenvalue weighted by molar-refractivity contribution is -0.125. The fourth-order valence-corrected chi connectivity index (χ4v) is 3.10. The third kappa shape index (κ3) is 2.62. The molecule has 0 aromatic rings. The molecule has 17 heavy (non-hydrogen) atoms. The van der Waals surface area contributed by atoms with Crippen molar-refractivity contribution in [3.8, 4) is 0 Å². The van der Waals surface area contributed by atoms with Crippen LogP contribution in [0.1, 0.15) is 51.9 Å². The fraction of sp³-hybridized carbons (Fsp3) is 0.846. The molecule has 2 saturated carbocycles. The van der Waals surface area contributed by atoms with Crippen molar-refractivity contribution in [2.24, 2.45) is 17.1 Å².